The maximum atomic E-state index is 9.13. The number of nitrogens with zero attached hydrogens (tertiary/aromatic N) is 3. The Kier molecular flexibility index (Phi) is 4.74. The molecule has 5 heteroatoms. The van der Waals surface area contributed by atoms with E-state index in [1.54, 1.807) is 6.20 Å². The topological polar surface area (TPSA) is 63.0 Å². The van der Waals surface area contributed by atoms with Crippen LogP contribution in [0.2, 0.25) is 0 Å². The van der Waals surface area contributed by atoms with Crippen molar-refractivity contribution in [2.24, 2.45) is 5.92 Å². The molecule has 0 saturated heterocycles. The third-order valence-electron chi connectivity index (χ3n) is 3.39. The summed E-state index contributed by atoms with van der Waals surface area (Å²) in [5.41, 5.74) is 0. The van der Waals surface area contributed by atoms with Gasteiger partial charge in [0.15, 0.2) is 0 Å². The number of aromatic nitrogens is 3. The fraction of sp³-hybridized carbons (Fsp3) is 0.467. The van der Waals surface area contributed by atoms with E-state index in [-0.39, 0.29) is 12.6 Å². The van der Waals surface area contributed by atoms with Gasteiger partial charge in [-0.15, -0.1) is 0 Å². The summed E-state index contributed by atoms with van der Waals surface area (Å²) < 4.78 is 1.95. The van der Waals surface area contributed by atoms with Crippen molar-refractivity contribution in [3.63, 3.8) is 0 Å². The standard InChI is InChI=1S/C15H22N4O/c1-11(2)13(7-10-20)17-14-5-4-6-15(18-14)19-9-8-16-12(19)3/h4-6,8-9,11,13,20H,7,10H2,1-3H3,(H,17,18)/t13-/m1/s1. The van der Waals surface area contributed by atoms with E-state index in [9.17, 15) is 0 Å². The molecule has 20 heavy (non-hydrogen) atoms. The van der Waals surface area contributed by atoms with Crippen LogP contribution in [-0.2, 0) is 0 Å². The summed E-state index contributed by atoms with van der Waals surface area (Å²) in [4.78, 5) is 8.82. The van der Waals surface area contributed by atoms with E-state index in [1.807, 2.05) is 35.9 Å². The largest absolute Gasteiger partial charge is 0.396 e. The van der Waals surface area contributed by atoms with Crippen LogP contribution in [0.25, 0.3) is 5.82 Å². The number of aliphatic hydroxyl groups excluding tert-OH is 1. The Labute approximate surface area is 119 Å². The third-order valence-corrected chi connectivity index (χ3v) is 3.39. The van der Waals surface area contributed by atoms with Gasteiger partial charge in [0.2, 0.25) is 0 Å². The molecule has 0 amide bonds. The van der Waals surface area contributed by atoms with Gasteiger partial charge in [0.05, 0.1) is 0 Å². The normalized spacial score (nSPS) is 12.7. The molecule has 2 N–H and O–H groups in total. The van der Waals surface area contributed by atoms with Gasteiger partial charge in [-0.3, -0.25) is 4.57 Å². The molecule has 0 aliphatic carbocycles. The second-order valence-corrected chi connectivity index (χ2v) is 5.23. The first kappa shape index (κ1) is 14.5. The monoisotopic (exact) mass is 274 g/mol. The lowest BCUT2D eigenvalue weighted by atomic mass is 10.0. The fourth-order valence-electron chi connectivity index (χ4n) is 2.16. The van der Waals surface area contributed by atoms with Crippen molar-refractivity contribution in [3.8, 4) is 5.82 Å². The summed E-state index contributed by atoms with van der Waals surface area (Å²) in [6.07, 6.45) is 4.38. The molecule has 2 heterocycles. The first-order valence-corrected chi connectivity index (χ1v) is 6.96. The van der Waals surface area contributed by atoms with Crippen LogP contribution in [0.15, 0.2) is 30.6 Å². The quantitative estimate of drug-likeness (QED) is 0.849. The number of aryl methyl sites for hydroxylation is 1. The highest BCUT2D eigenvalue weighted by molar-refractivity contribution is 5.41. The number of aliphatic hydroxyl groups is 1. The Morgan fingerprint density at radius 3 is 2.75 bits per heavy atom. The zero-order valence-corrected chi connectivity index (χ0v) is 12.2. The number of hydrogen-bond acceptors (Lipinski definition) is 4. The van der Waals surface area contributed by atoms with E-state index in [0.29, 0.717) is 12.3 Å². The molecule has 2 aromatic rings. The van der Waals surface area contributed by atoms with Crippen molar-refractivity contribution in [2.45, 2.75) is 33.2 Å². The molecule has 2 rings (SSSR count). The van der Waals surface area contributed by atoms with Crippen molar-refractivity contribution in [1.29, 1.82) is 0 Å². The lowest BCUT2D eigenvalue weighted by Gasteiger charge is -2.22. The fourth-order valence-corrected chi connectivity index (χ4v) is 2.16. The minimum absolute atomic E-state index is 0.177. The van der Waals surface area contributed by atoms with Crippen LogP contribution >= 0.6 is 0 Å². The maximum absolute atomic E-state index is 9.13. The van der Waals surface area contributed by atoms with E-state index in [2.05, 4.69) is 29.1 Å². The van der Waals surface area contributed by atoms with Crippen LogP contribution in [0.4, 0.5) is 5.82 Å². The molecule has 0 aliphatic rings. The van der Waals surface area contributed by atoms with Crippen molar-refractivity contribution < 1.29 is 5.11 Å². The van der Waals surface area contributed by atoms with Crippen molar-refractivity contribution >= 4 is 5.82 Å². The minimum atomic E-state index is 0.177. The van der Waals surface area contributed by atoms with Crippen LogP contribution in [-0.4, -0.2) is 32.3 Å². The highest BCUT2D eigenvalue weighted by Gasteiger charge is 2.13. The van der Waals surface area contributed by atoms with Crippen molar-refractivity contribution in [3.05, 3.63) is 36.4 Å². The average molecular weight is 274 g/mol. The summed E-state index contributed by atoms with van der Waals surface area (Å²) in [5, 5.41) is 12.5. The molecule has 0 radical (unpaired) electrons. The van der Waals surface area contributed by atoms with Gasteiger partial charge in [-0.2, -0.15) is 0 Å². The van der Waals surface area contributed by atoms with Crippen LogP contribution in [0.1, 0.15) is 26.1 Å². The third kappa shape index (κ3) is 3.36. The first-order valence-electron chi connectivity index (χ1n) is 6.96. The van der Waals surface area contributed by atoms with Gasteiger partial charge in [-0.1, -0.05) is 19.9 Å². The lowest BCUT2D eigenvalue weighted by molar-refractivity contribution is 0.267. The second kappa shape index (κ2) is 6.52. The Balaban J connectivity index is 2.19. The van der Waals surface area contributed by atoms with Gasteiger partial charge in [-0.05, 0) is 31.4 Å². The highest BCUT2D eigenvalue weighted by Crippen LogP contribution is 2.16. The van der Waals surface area contributed by atoms with Gasteiger partial charge in [-0.25, -0.2) is 9.97 Å². The molecule has 1 atom stereocenters. The smallest absolute Gasteiger partial charge is 0.140 e. The van der Waals surface area contributed by atoms with E-state index >= 15 is 0 Å². The molecule has 0 fully saturated rings. The molecule has 0 aliphatic heterocycles. The van der Waals surface area contributed by atoms with Crippen LogP contribution in [0.5, 0.6) is 0 Å². The Hall–Kier alpha value is -1.88. The average Bonchev–Trinajstić information content (AvgIpc) is 2.85. The second-order valence-electron chi connectivity index (χ2n) is 5.23. The summed E-state index contributed by atoms with van der Waals surface area (Å²) in [6, 6.07) is 6.09. The van der Waals surface area contributed by atoms with Crippen molar-refractivity contribution in [1.82, 2.24) is 14.5 Å². The Morgan fingerprint density at radius 1 is 1.35 bits per heavy atom. The number of rotatable bonds is 6. The molecule has 2 aromatic heterocycles. The van der Waals surface area contributed by atoms with E-state index in [0.717, 1.165) is 17.5 Å². The molecule has 0 bridgehead atoms. The summed E-state index contributed by atoms with van der Waals surface area (Å²) in [7, 11) is 0. The number of anilines is 1. The first-order chi connectivity index (χ1) is 9.61. The van der Waals surface area contributed by atoms with Gasteiger partial charge in [0.25, 0.3) is 0 Å². The molecule has 0 unspecified atom stereocenters. The SMILES string of the molecule is Cc1nccn1-c1cccc(N[C@H](CCO)C(C)C)n1. The lowest BCUT2D eigenvalue weighted by Crippen LogP contribution is -2.27. The predicted molar refractivity (Wildman–Crippen MR) is 80.0 cm³/mol. The summed E-state index contributed by atoms with van der Waals surface area (Å²) in [6.45, 7) is 6.40. The minimum Gasteiger partial charge on any atom is -0.396 e. The highest BCUT2D eigenvalue weighted by atomic mass is 16.3. The molecule has 108 valence electrons. The number of nitrogens with one attached hydrogen (secondary N) is 1. The van der Waals surface area contributed by atoms with Gasteiger partial charge < -0.3 is 10.4 Å². The van der Waals surface area contributed by atoms with Crippen LogP contribution < -0.4 is 5.32 Å². The molecular weight excluding hydrogens is 252 g/mol. The molecular formula is C15H22N4O. The van der Waals surface area contributed by atoms with Gasteiger partial charge in [0.1, 0.15) is 17.5 Å². The number of hydrogen-bond donors (Lipinski definition) is 2. The van der Waals surface area contributed by atoms with E-state index in [1.165, 1.54) is 0 Å². The molecule has 0 spiro atoms. The van der Waals surface area contributed by atoms with E-state index < -0.39 is 0 Å². The van der Waals surface area contributed by atoms with Gasteiger partial charge >= 0.3 is 0 Å². The van der Waals surface area contributed by atoms with Crippen LogP contribution in [0.3, 0.4) is 0 Å². The number of pyridine rings is 1. The zero-order valence-electron chi connectivity index (χ0n) is 12.2. The van der Waals surface area contributed by atoms with Crippen molar-refractivity contribution in [2.75, 3.05) is 11.9 Å². The Morgan fingerprint density at radius 2 is 2.15 bits per heavy atom. The van der Waals surface area contributed by atoms with Crippen LogP contribution in [0, 0.1) is 12.8 Å². The summed E-state index contributed by atoms with van der Waals surface area (Å²) >= 11 is 0. The molecule has 0 saturated carbocycles. The molecule has 0 aromatic carbocycles. The van der Waals surface area contributed by atoms with E-state index in [4.69, 9.17) is 5.11 Å². The predicted octanol–water partition coefficient (Wildman–Crippen LogP) is 2.39. The number of imidazole rings is 1. The molecule has 5 nitrogen and oxygen atoms in total. The summed E-state index contributed by atoms with van der Waals surface area (Å²) in [5.74, 6) is 3.01. The Bertz CT molecular complexity index is 550. The van der Waals surface area contributed by atoms with Gasteiger partial charge in [0, 0.05) is 25.0 Å². The maximum Gasteiger partial charge on any atom is 0.140 e. The zero-order chi connectivity index (χ0) is 14.5.